The van der Waals surface area contributed by atoms with Crippen molar-refractivity contribution in [3.63, 3.8) is 0 Å². The summed E-state index contributed by atoms with van der Waals surface area (Å²) in [5, 5.41) is 5.53. The molecule has 0 bridgehead atoms. The highest BCUT2D eigenvalue weighted by Crippen LogP contribution is 2.11. The van der Waals surface area contributed by atoms with E-state index >= 15 is 0 Å². The molecule has 0 saturated heterocycles. The van der Waals surface area contributed by atoms with Gasteiger partial charge in [0.1, 0.15) is 0 Å². The van der Waals surface area contributed by atoms with Crippen LogP contribution in [-0.2, 0) is 0 Å². The van der Waals surface area contributed by atoms with Gasteiger partial charge in [-0.2, -0.15) is 0 Å². The van der Waals surface area contributed by atoms with Crippen molar-refractivity contribution < 1.29 is 9.59 Å². The summed E-state index contributed by atoms with van der Waals surface area (Å²) in [6.07, 6.45) is 11.1. The maximum atomic E-state index is 12.8. The van der Waals surface area contributed by atoms with Gasteiger partial charge in [-0.15, -0.1) is 0 Å². The third kappa shape index (κ3) is 5.43. The predicted octanol–water partition coefficient (Wildman–Crippen LogP) is 3.47. The average Bonchev–Trinajstić information content (AvgIpc) is 2.99. The number of imidazole rings is 1. The van der Waals surface area contributed by atoms with E-state index in [-0.39, 0.29) is 0 Å². The first kappa shape index (κ1) is 21.7. The first-order chi connectivity index (χ1) is 13.6. The summed E-state index contributed by atoms with van der Waals surface area (Å²) in [4.78, 5) is 41.9. The minimum absolute atomic E-state index is 0.319. The fourth-order valence-electron chi connectivity index (χ4n) is 3.09. The number of hydrogen-bond donors (Lipinski definition) is 2. The predicted molar refractivity (Wildman–Crippen MR) is 110 cm³/mol. The highest BCUT2D eigenvalue weighted by atomic mass is 16.2. The number of pyridine rings is 1. The van der Waals surface area contributed by atoms with E-state index in [1.807, 2.05) is 0 Å². The summed E-state index contributed by atoms with van der Waals surface area (Å²) in [6.45, 7) is 5.22. The number of rotatable bonds is 10. The van der Waals surface area contributed by atoms with Crippen LogP contribution in [-0.4, -0.2) is 39.3 Å². The zero-order chi connectivity index (χ0) is 20.4. The summed E-state index contributed by atoms with van der Waals surface area (Å²) < 4.78 is 1.99. The molecule has 0 aliphatic carbocycles. The molecule has 2 amide bonds. The molecule has 2 rings (SSSR count). The van der Waals surface area contributed by atoms with Crippen molar-refractivity contribution in [1.82, 2.24) is 24.8 Å². The monoisotopic (exact) mass is 389 g/mol. The summed E-state index contributed by atoms with van der Waals surface area (Å²) in [6, 6.07) is 0.513. The fourth-order valence-corrected chi connectivity index (χ4v) is 3.09. The van der Waals surface area contributed by atoms with Crippen molar-refractivity contribution in [2.75, 3.05) is 13.1 Å². The molecule has 2 heterocycles. The van der Waals surface area contributed by atoms with Crippen LogP contribution < -0.4 is 16.3 Å². The Morgan fingerprint density at radius 2 is 1.39 bits per heavy atom. The minimum atomic E-state index is -0.680. The van der Waals surface area contributed by atoms with E-state index in [4.69, 9.17) is 0 Å². The average molecular weight is 390 g/mol. The second-order valence-electron chi connectivity index (χ2n) is 6.90. The van der Waals surface area contributed by atoms with E-state index in [2.05, 4.69) is 29.5 Å². The lowest BCUT2D eigenvalue weighted by Gasteiger charge is -2.06. The molecule has 8 heteroatoms. The second-order valence-corrected chi connectivity index (χ2v) is 6.90. The van der Waals surface area contributed by atoms with E-state index in [0.29, 0.717) is 24.1 Å². The molecule has 0 aliphatic heterocycles. The van der Waals surface area contributed by atoms with Crippen molar-refractivity contribution in [3.8, 4) is 0 Å². The van der Waals surface area contributed by atoms with Gasteiger partial charge in [0, 0.05) is 19.3 Å². The number of nitrogens with one attached hydrogen (secondary N) is 2. The molecule has 0 spiro atoms. The Labute approximate surface area is 165 Å². The zero-order valence-electron chi connectivity index (χ0n) is 16.9. The van der Waals surface area contributed by atoms with Gasteiger partial charge in [0.2, 0.25) is 0 Å². The number of aromatic nitrogens is 3. The quantitative estimate of drug-likeness (QED) is 0.608. The molecule has 154 valence electrons. The Bertz CT molecular complexity index is 774. The van der Waals surface area contributed by atoms with Crippen LogP contribution in [0.3, 0.4) is 0 Å². The van der Waals surface area contributed by atoms with E-state index in [0.717, 1.165) is 60.5 Å². The van der Waals surface area contributed by atoms with Gasteiger partial charge in [-0.3, -0.25) is 4.98 Å². The molecular formula is C20H31N5O3. The van der Waals surface area contributed by atoms with Gasteiger partial charge < -0.3 is 10.6 Å². The lowest BCUT2D eigenvalue weighted by Crippen LogP contribution is -2.41. The molecule has 0 aromatic carbocycles. The molecular weight excluding hydrogens is 358 g/mol. The third-order valence-electron chi connectivity index (χ3n) is 4.66. The summed E-state index contributed by atoms with van der Waals surface area (Å²) >= 11 is 0. The Morgan fingerprint density at radius 1 is 0.857 bits per heavy atom. The maximum absolute atomic E-state index is 12.8. The Balaban J connectivity index is 2.15. The molecule has 0 saturated carbocycles. The van der Waals surface area contributed by atoms with Crippen LogP contribution >= 0.6 is 0 Å². The third-order valence-corrected chi connectivity index (χ3v) is 4.66. The largest absolute Gasteiger partial charge is 0.345 e. The number of unbranched alkanes of at least 4 members (excludes halogenated alkanes) is 6. The van der Waals surface area contributed by atoms with Crippen molar-refractivity contribution in [2.45, 2.75) is 65.2 Å². The van der Waals surface area contributed by atoms with Crippen LogP contribution in [0.4, 0.5) is 9.59 Å². The van der Waals surface area contributed by atoms with Gasteiger partial charge in [0.05, 0.1) is 17.2 Å². The van der Waals surface area contributed by atoms with Gasteiger partial charge in [0.25, 0.3) is 0 Å². The smallest absolute Gasteiger partial charge is 0.337 e. The fraction of sp³-hybridized carbons (Fsp3) is 0.600. The summed E-state index contributed by atoms with van der Waals surface area (Å²) in [5.41, 5.74) is 0.00648. The number of fused-ring (bicyclic) bond motifs is 1. The number of hydrogen-bond acceptors (Lipinski definition) is 4. The van der Waals surface area contributed by atoms with Crippen LogP contribution in [0.25, 0.3) is 11.0 Å². The van der Waals surface area contributed by atoms with Crippen LogP contribution in [0.2, 0.25) is 0 Å². The molecule has 2 aromatic rings. The van der Waals surface area contributed by atoms with Crippen LogP contribution in [0, 0.1) is 0 Å². The first-order valence-corrected chi connectivity index (χ1v) is 10.3. The molecule has 0 atom stereocenters. The minimum Gasteiger partial charge on any atom is -0.337 e. The standard InChI is InChI=1S/C20H31N5O3/c1-3-5-7-9-12-22-18(26)24-16-11-14-21-15-17(16)25(20(24)28)19(27)23-13-10-8-6-4-2/h11,14-15H,3-10,12-13H2,1-2H3,(H,22,26)(H,23,27). The number of amides is 2. The van der Waals surface area contributed by atoms with Gasteiger partial charge in [-0.25, -0.2) is 23.5 Å². The zero-order valence-corrected chi connectivity index (χ0v) is 16.9. The number of carbonyl (C=O) groups is 2. The molecule has 2 N–H and O–H groups in total. The van der Waals surface area contributed by atoms with Gasteiger partial charge in [-0.05, 0) is 18.9 Å². The van der Waals surface area contributed by atoms with Crippen molar-refractivity contribution >= 4 is 23.1 Å². The van der Waals surface area contributed by atoms with E-state index in [9.17, 15) is 14.4 Å². The number of nitrogens with zero attached hydrogens (tertiary/aromatic N) is 3. The summed E-state index contributed by atoms with van der Waals surface area (Å²) in [5.74, 6) is 0. The molecule has 0 fully saturated rings. The Morgan fingerprint density at radius 3 is 1.93 bits per heavy atom. The molecule has 28 heavy (non-hydrogen) atoms. The SMILES string of the molecule is CCCCCCNC(=O)n1c(=O)n(C(=O)NCCCCCC)c2cnccc21. The Kier molecular flexibility index (Phi) is 8.71. The topological polar surface area (TPSA) is 98.0 Å². The van der Waals surface area contributed by atoms with Crippen molar-refractivity contribution in [2.24, 2.45) is 0 Å². The highest BCUT2D eigenvalue weighted by molar-refractivity contribution is 5.94. The lowest BCUT2D eigenvalue weighted by molar-refractivity contribution is 0.239. The van der Waals surface area contributed by atoms with Crippen molar-refractivity contribution in [1.29, 1.82) is 0 Å². The first-order valence-electron chi connectivity index (χ1n) is 10.3. The second kappa shape index (κ2) is 11.3. The van der Waals surface area contributed by atoms with Gasteiger partial charge in [0.15, 0.2) is 0 Å². The molecule has 0 radical (unpaired) electrons. The van der Waals surface area contributed by atoms with Gasteiger partial charge >= 0.3 is 17.8 Å². The number of carbonyl (C=O) groups excluding carboxylic acids is 2. The lowest BCUT2D eigenvalue weighted by atomic mass is 10.2. The van der Waals surface area contributed by atoms with E-state index in [1.54, 1.807) is 6.07 Å². The normalized spacial score (nSPS) is 10.9. The maximum Gasteiger partial charge on any atom is 0.345 e. The molecule has 8 nitrogen and oxygen atoms in total. The van der Waals surface area contributed by atoms with E-state index < -0.39 is 17.8 Å². The van der Waals surface area contributed by atoms with Crippen LogP contribution in [0.1, 0.15) is 65.2 Å². The van der Waals surface area contributed by atoms with Crippen LogP contribution in [0.15, 0.2) is 23.3 Å². The highest BCUT2D eigenvalue weighted by Gasteiger charge is 2.22. The van der Waals surface area contributed by atoms with Gasteiger partial charge in [-0.1, -0.05) is 52.4 Å². The Hall–Kier alpha value is -2.64. The molecule has 2 aromatic heterocycles. The molecule has 0 aliphatic rings. The van der Waals surface area contributed by atoms with Crippen molar-refractivity contribution in [3.05, 3.63) is 28.9 Å². The molecule has 0 unspecified atom stereocenters. The van der Waals surface area contributed by atoms with E-state index in [1.165, 1.54) is 12.4 Å². The summed E-state index contributed by atoms with van der Waals surface area (Å²) in [7, 11) is 0. The van der Waals surface area contributed by atoms with Crippen LogP contribution in [0.5, 0.6) is 0 Å².